The van der Waals surface area contributed by atoms with E-state index in [1.807, 2.05) is 11.8 Å². The Hall–Kier alpha value is -0.890. The van der Waals surface area contributed by atoms with Crippen molar-refractivity contribution in [1.29, 1.82) is 0 Å². The summed E-state index contributed by atoms with van der Waals surface area (Å²) in [6, 6.07) is 8.72. The highest BCUT2D eigenvalue weighted by molar-refractivity contribution is 7.99. The van der Waals surface area contributed by atoms with E-state index in [9.17, 15) is 0 Å². The maximum Gasteiger partial charge on any atom is 0.0828 e. The Bertz CT molecular complexity index is 511. The van der Waals surface area contributed by atoms with Gasteiger partial charge in [-0.05, 0) is 11.8 Å². The quantitative estimate of drug-likeness (QED) is 0.682. The number of benzene rings is 1. The van der Waals surface area contributed by atoms with Gasteiger partial charge in [-0.3, -0.25) is 0 Å². The molecular weight excluding hydrogens is 238 g/mol. The maximum absolute atomic E-state index is 2.43. The summed E-state index contributed by atoms with van der Waals surface area (Å²) in [6.07, 6.45) is 2.30. The Morgan fingerprint density at radius 2 is 1.78 bits per heavy atom. The molecule has 0 aliphatic heterocycles. The molecule has 1 nitrogen and oxygen atoms in total. The van der Waals surface area contributed by atoms with E-state index in [-0.39, 0.29) is 0 Å². The molecule has 0 fully saturated rings. The molecule has 0 atom stereocenters. The largest absolute Gasteiger partial charge is 0.341 e. The van der Waals surface area contributed by atoms with E-state index in [0.717, 1.165) is 12.5 Å². The minimum Gasteiger partial charge on any atom is -0.341 e. The zero-order valence-corrected chi connectivity index (χ0v) is 12.6. The van der Waals surface area contributed by atoms with Crippen LogP contribution in [0.3, 0.4) is 0 Å². The van der Waals surface area contributed by atoms with Crippen molar-refractivity contribution in [1.82, 2.24) is 4.57 Å². The number of aromatic nitrogens is 1. The Kier molecular flexibility index (Phi) is 4.39. The van der Waals surface area contributed by atoms with Gasteiger partial charge in [0.1, 0.15) is 0 Å². The van der Waals surface area contributed by atoms with Crippen molar-refractivity contribution in [3.63, 3.8) is 0 Å². The lowest BCUT2D eigenvalue weighted by atomic mass is 10.2. The van der Waals surface area contributed by atoms with Crippen LogP contribution in [0.1, 0.15) is 27.7 Å². The van der Waals surface area contributed by atoms with Gasteiger partial charge in [-0.15, -0.1) is 11.8 Å². The lowest BCUT2D eigenvalue weighted by Gasteiger charge is -2.12. The van der Waals surface area contributed by atoms with Gasteiger partial charge in [0.05, 0.1) is 5.03 Å². The number of fused-ring (bicyclic) bond motifs is 1. The number of hydrogen-bond acceptors (Lipinski definition) is 1. The SMILES string of the molecule is CC(C)CSc1c2ccccc2cn1CC(C)C. The number of thioether (sulfide) groups is 1. The van der Waals surface area contributed by atoms with Crippen LogP contribution in [0, 0.1) is 11.8 Å². The summed E-state index contributed by atoms with van der Waals surface area (Å²) >= 11 is 2.00. The van der Waals surface area contributed by atoms with Crippen molar-refractivity contribution in [2.75, 3.05) is 5.75 Å². The normalized spacial score (nSPS) is 11.9. The zero-order valence-electron chi connectivity index (χ0n) is 11.8. The molecule has 0 bridgehead atoms. The Morgan fingerprint density at radius 1 is 1.06 bits per heavy atom. The third-order valence-electron chi connectivity index (χ3n) is 2.86. The average molecular weight is 261 g/mol. The molecule has 2 heteroatoms. The fraction of sp³-hybridized carbons (Fsp3) is 0.500. The van der Waals surface area contributed by atoms with Crippen molar-refractivity contribution in [3.8, 4) is 0 Å². The van der Waals surface area contributed by atoms with E-state index >= 15 is 0 Å². The number of hydrogen-bond donors (Lipinski definition) is 0. The van der Waals surface area contributed by atoms with E-state index in [2.05, 4.69) is 62.7 Å². The minimum absolute atomic E-state index is 0.685. The monoisotopic (exact) mass is 261 g/mol. The topological polar surface area (TPSA) is 4.93 Å². The van der Waals surface area contributed by atoms with E-state index in [4.69, 9.17) is 0 Å². The van der Waals surface area contributed by atoms with Crippen LogP contribution in [0.15, 0.2) is 35.5 Å². The first-order valence-corrected chi connectivity index (χ1v) is 7.77. The summed E-state index contributed by atoms with van der Waals surface area (Å²) in [7, 11) is 0. The van der Waals surface area contributed by atoms with Gasteiger partial charge < -0.3 is 4.57 Å². The molecule has 0 saturated carbocycles. The molecular formula is C16H23NS. The van der Waals surface area contributed by atoms with E-state index < -0.39 is 0 Å². The molecule has 0 spiro atoms. The van der Waals surface area contributed by atoms with Crippen LogP contribution in [-0.4, -0.2) is 10.3 Å². The van der Waals surface area contributed by atoms with Gasteiger partial charge in [0, 0.05) is 29.3 Å². The van der Waals surface area contributed by atoms with Gasteiger partial charge in [0.15, 0.2) is 0 Å². The number of nitrogens with zero attached hydrogens (tertiary/aromatic N) is 1. The number of rotatable bonds is 5. The molecule has 1 aromatic heterocycles. The van der Waals surface area contributed by atoms with Crippen molar-refractivity contribution < 1.29 is 0 Å². The highest BCUT2D eigenvalue weighted by Gasteiger charge is 2.11. The van der Waals surface area contributed by atoms with Crippen molar-refractivity contribution in [2.45, 2.75) is 39.3 Å². The maximum atomic E-state index is 2.43. The van der Waals surface area contributed by atoms with Crippen LogP contribution in [0.2, 0.25) is 0 Å². The van der Waals surface area contributed by atoms with Gasteiger partial charge in [-0.2, -0.15) is 0 Å². The molecule has 2 aromatic rings. The Labute approximate surface area is 115 Å². The summed E-state index contributed by atoms with van der Waals surface area (Å²) in [4.78, 5) is 0. The van der Waals surface area contributed by atoms with Crippen LogP contribution in [0.5, 0.6) is 0 Å². The Balaban J connectivity index is 2.37. The first-order valence-electron chi connectivity index (χ1n) is 6.78. The van der Waals surface area contributed by atoms with Crippen molar-refractivity contribution in [2.24, 2.45) is 11.8 Å². The summed E-state index contributed by atoms with van der Waals surface area (Å²) in [5.74, 6) is 2.60. The standard InChI is InChI=1S/C16H23NS/c1-12(2)9-17-10-14-7-5-6-8-15(14)16(17)18-11-13(3)4/h5-8,10,12-13H,9,11H2,1-4H3. The third-order valence-corrected chi connectivity index (χ3v) is 4.42. The fourth-order valence-corrected chi connectivity index (χ4v) is 3.25. The third kappa shape index (κ3) is 3.11. The summed E-state index contributed by atoms with van der Waals surface area (Å²) < 4.78 is 2.43. The van der Waals surface area contributed by atoms with Crippen LogP contribution in [0.4, 0.5) is 0 Å². The average Bonchev–Trinajstić information content (AvgIpc) is 2.62. The molecule has 0 radical (unpaired) electrons. The van der Waals surface area contributed by atoms with Gasteiger partial charge in [0.25, 0.3) is 0 Å². The Morgan fingerprint density at radius 3 is 2.44 bits per heavy atom. The predicted molar refractivity (Wildman–Crippen MR) is 82.3 cm³/mol. The minimum atomic E-state index is 0.685. The lowest BCUT2D eigenvalue weighted by molar-refractivity contribution is 0.503. The van der Waals surface area contributed by atoms with Crippen LogP contribution >= 0.6 is 11.8 Å². The van der Waals surface area contributed by atoms with Gasteiger partial charge >= 0.3 is 0 Å². The van der Waals surface area contributed by atoms with Crippen LogP contribution in [-0.2, 0) is 6.54 Å². The molecule has 0 aliphatic carbocycles. The molecule has 1 heterocycles. The molecule has 0 unspecified atom stereocenters. The predicted octanol–water partition coefficient (Wildman–Crippen LogP) is 5.05. The second-order valence-electron chi connectivity index (χ2n) is 5.77. The molecule has 1 aromatic carbocycles. The summed E-state index contributed by atoms with van der Waals surface area (Å²) in [5, 5.41) is 4.21. The highest BCUT2D eigenvalue weighted by Crippen LogP contribution is 2.31. The second kappa shape index (κ2) is 5.83. The fourth-order valence-electron chi connectivity index (χ4n) is 2.12. The van der Waals surface area contributed by atoms with Crippen LogP contribution < -0.4 is 0 Å². The smallest absolute Gasteiger partial charge is 0.0828 e. The van der Waals surface area contributed by atoms with Gasteiger partial charge in [0.2, 0.25) is 0 Å². The van der Waals surface area contributed by atoms with Crippen molar-refractivity contribution in [3.05, 3.63) is 30.5 Å². The van der Waals surface area contributed by atoms with Gasteiger partial charge in [-0.1, -0.05) is 52.0 Å². The van der Waals surface area contributed by atoms with E-state index in [1.165, 1.54) is 21.6 Å². The lowest BCUT2D eigenvalue weighted by Crippen LogP contribution is -2.05. The first-order chi connectivity index (χ1) is 8.58. The van der Waals surface area contributed by atoms with Crippen LogP contribution in [0.25, 0.3) is 10.8 Å². The molecule has 2 rings (SSSR count). The summed E-state index contributed by atoms with van der Waals surface area (Å²) in [5.41, 5.74) is 0. The molecule has 0 amide bonds. The van der Waals surface area contributed by atoms with Gasteiger partial charge in [-0.25, -0.2) is 0 Å². The van der Waals surface area contributed by atoms with E-state index in [0.29, 0.717) is 5.92 Å². The van der Waals surface area contributed by atoms with E-state index in [1.54, 1.807) is 0 Å². The zero-order chi connectivity index (χ0) is 13.1. The molecule has 18 heavy (non-hydrogen) atoms. The first kappa shape index (κ1) is 13.5. The highest BCUT2D eigenvalue weighted by atomic mass is 32.2. The van der Waals surface area contributed by atoms with Crippen molar-refractivity contribution >= 4 is 22.5 Å². The molecule has 0 N–H and O–H groups in total. The molecule has 98 valence electrons. The second-order valence-corrected chi connectivity index (χ2v) is 6.78. The molecule has 0 saturated heterocycles. The molecule has 0 aliphatic rings. The summed E-state index contributed by atoms with van der Waals surface area (Å²) in [6.45, 7) is 10.2.